The number of hydrogen-bond donors (Lipinski definition) is 1. The van der Waals surface area contributed by atoms with Gasteiger partial charge in [0.05, 0.1) is 10.1 Å². The van der Waals surface area contributed by atoms with E-state index in [1.807, 2.05) is 0 Å². The second-order valence-corrected chi connectivity index (χ2v) is 8.55. The normalized spacial score (nSPS) is 14.5. The van der Waals surface area contributed by atoms with Crippen LogP contribution in [0, 0.1) is 11.3 Å². The van der Waals surface area contributed by atoms with Gasteiger partial charge in [0.25, 0.3) is 5.91 Å². The molecule has 10 heteroatoms. The summed E-state index contributed by atoms with van der Waals surface area (Å²) in [7, 11) is -3.31. The molecule has 1 N–H and O–H groups in total. The number of carbonyl (C=O) groups excluding carboxylic acids is 1. The number of amides is 1. The molecule has 26 heavy (non-hydrogen) atoms. The molecule has 0 radical (unpaired) electrons. The van der Waals surface area contributed by atoms with Crippen LogP contribution < -0.4 is 5.32 Å². The van der Waals surface area contributed by atoms with Gasteiger partial charge in [0.15, 0.2) is 20.7 Å². The first kappa shape index (κ1) is 18.0. The van der Waals surface area contributed by atoms with Crippen LogP contribution in [0.25, 0.3) is 0 Å². The quantitative estimate of drug-likeness (QED) is 0.438. The van der Waals surface area contributed by atoms with Gasteiger partial charge >= 0.3 is 0 Å². The lowest BCUT2D eigenvalue weighted by Crippen LogP contribution is -2.24. The number of hydrogen-bond acceptors (Lipinski definition) is 8. The highest BCUT2D eigenvalue weighted by Gasteiger charge is 2.36. The molecule has 0 unspecified atom stereocenters. The largest absolute Gasteiger partial charge is 0.380 e. The molecule has 1 fully saturated rings. The van der Waals surface area contributed by atoms with E-state index in [1.54, 1.807) is 17.6 Å². The molecular formula is C16H14N4O4S2. The molecule has 0 aliphatic heterocycles. The fraction of sp³-hybridized carbons (Fsp3) is 0.250. The number of oxime groups is 1. The predicted molar refractivity (Wildman–Crippen MR) is 95.5 cm³/mol. The minimum Gasteiger partial charge on any atom is -0.380 e. The molecule has 1 aromatic carbocycles. The Bertz CT molecular complexity index is 957. The minimum absolute atomic E-state index is 0.0779. The van der Waals surface area contributed by atoms with Crippen LogP contribution in [0.2, 0.25) is 0 Å². The number of anilines is 1. The van der Waals surface area contributed by atoms with Crippen molar-refractivity contribution in [2.24, 2.45) is 5.16 Å². The van der Waals surface area contributed by atoms with Crippen molar-refractivity contribution in [1.82, 2.24) is 4.98 Å². The highest BCUT2D eigenvalue weighted by atomic mass is 32.2. The van der Waals surface area contributed by atoms with Crippen molar-refractivity contribution in [3.8, 4) is 6.07 Å². The molecule has 1 amide bonds. The second-order valence-electron chi connectivity index (χ2n) is 5.43. The van der Waals surface area contributed by atoms with E-state index < -0.39 is 15.7 Å². The smallest absolute Gasteiger partial charge is 0.280 e. The predicted octanol–water partition coefficient (Wildman–Crippen LogP) is 1.96. The van der Waals surface area contributed by atoms with E-state index in [-0.39, 0.29) is 22.5 Å². The summed E-state index contributed by atoms with van der Waals surface area (Å²) in [6.07, 6.45) is 2.89. The van der Waals surface area contributed by atoms with Gasteiger partial charge in [-0.25, -0.2) is 13.4 Å². The third kappa shape index (κ3) is 4.07. The van der Waals surface area contributed by atoms with Crippen molar-refractivity contribution in [2.75, 3.05) is 11.9 Å². The summed E-state index contributed by atoms with van der Waals surface area (Å²) in [5, 5.41) is 16.6. The van der Waals surface area contributed by atoms with Crippen LogP contribution in [0.5, 0.6) is 0 Å². The zero-order chi connectivity index (χ0) is 18.6. The first-order chi connectivity index (χ1) is 12.5. The Morgan fingerprint density at radius 2 is 2.12 bits per heavy atom. The van der Waals surface area contributed by atoms with Crippen molar-refractivity contribution in [2.45, 2.75) is 23.0 Å². The summed E-state index contributed by atoms with van der Waals surface area (Å²) >= 11 is 1.24. The van der Waals surface area contributed by atoms with E-state index in [9.17, 15) is 13.2 Å². The van der Waals surface area contributed by atoms with Crippen LogP contribution in [0.3, 0.4) is 0 Å². The molecule has 8 nitrogen and oxygen atoms in total. The molecule has 3 rings (SSSR count). The van der Waals surface area contributed by atoms with Crippen LogP contribution in [-0.4, -0.2) is 36.9 Å². The molecule has 0 bridgehead atoms. The lowest BCUT2D eigenvalue weighted by Gasteiger charge is -2.08. The molecule has 0 atom stereocenters. The lowest BCUT2D eigenvalue weighted by atomic mass is 10.1. The standard InChI is InChI=1S/C16H14N4O4S2/c17-7-9-24-20-14(15(21)19-16-18-8-10-25-16)11-1-3-12(4-2-11)26(22,23)13-5-6-13/h1-4,8,10,13H,5-6,9H2,(H,18,19,21). The fourth-order valence-corrected chi connectivity index (χ4v) is 4.35. The number of nitrogens with one attached hydrogen (secondary N) is 1. The van der Waals surface area contributed by atoms with E-state index >= 15 is 0 Å². The lowest BCUT2D eigenvalue weighted by molar-refractivity contribution is -0.110. The zero-order valence-electron chi connectivity index (χ0n) is 13.5. The van der Waals surface area contributed by atoms with E-state index in [1.165, 1.54) is 35.6 Å². The summed E-state index contributed by atoms with van der Waals surface area (Å²) in [5.41, 5.74) is 0.289. The summed E-state index contributed by atoms with van der Waals surface area (Å²) in [6.45, 7) is -0.317. The number of rotatable bonds is 7. The number of nitrogens with zero attached hydrogens (tertiary/aromatic N) is 3. The summed E-state index contributed by atoms with van der Waals surface area (Å²) < 4.78 is 24.5. The van der Waals surface area contributed by atoms with Crippen molar-refractivity contribution in [1.29, 1.82) is 5.26 Å². The summed E-state index contributed by atoms with van der Waals surface area (Å²) in [5.74, 6) is -0.573. The molecule has 0 saturated heterocycles. The Balaban J connectivity index is 1.85. The second kappa shape index (κ2) is 7.63. The van der Waals surface area contributed by atoms with Crippen molar-refractivity contribution in [3.63, 3.8) is 0 Å². The van der Waals surface area contributed by atoms with Gasteiger partial charge in [0, 0.05) is 17.1 Å². The Kier molecular flexibility index (Phi) is 5.29. The SMILES string of the molecule is N#CCON=C(C(=O)Nc1nccs1)c1ccc(S(=O)(=O)C2CC2)cc1. The summed E-state index contributed by atoms with van der Waals surface area (Å²) in [4.78, 5) is 21.4. The van der Waals surface area contributed by atoms with Crippen LogP contribution in [0.1, 0.15) is 18.4 Å². The number of thiazole rings is 1. The van der Waals surface area contributed by atoms with Gasteiger partial charge < -0.3 is 4.84 Å². The van der Waals surface area contributed by atoms with E-state index in [0.29, 0.717) is 23.5 Å². The van der Waals surface area contributed by atoms with Gasteiger partial charge in [-0.3, -0.25) is 10.1 Å². The highest BCUT2D eigenvalue weighted by Crippen LogP contribution is 2.33. The van der Waals surface area contributed by atoms with Crippen LogP contribution in [0.15, 0.2) is 45.9 Å². The van der Waals surface area contributed by atoms with Gasteiger partial charge in [-0.2, -0.15) is 5.26 Å². The van der Waals surface area contributed by atoms with E-state index in [4.69, 9.17) is 10.1 Å². The van der Waals surface area contributed by atoms with Crippen molar-refractivity contribution >= 4 is 37.9 Å². The Morgan fingerprint density at radius 1 is 1.38 bits per heavy atom. The topological polar surface area (TPSA) is 122 Å². The third-order valence-electron chi connectivity index (χ3n) is 3.57. The van der Waals surface area contributed by atoms with Gasteiger partial charge in [0.2, 0.25) is 6.61 Å². The first-order valence-corrected chi connectivity index (χ1v) is 10.1. The monoisotopic (exact) mass is 390 g/mol. The first-order valence-electron chi connectivity index (χ1n) is 7.64. The number of sulfone groups is 1. The number of nitriles is 1. The van der Waals surface area contributed by atoms with Crippen LogP contribution in [0.4, 0.5) is 5.13 Å². The van der Waals surface area contributed by atoms with Gasteiger partial charge in [-0.15, -0.1) is 11.3 Å². The Hall–Kier alpha value is -2.77. The van der Waals surface area contributed by atoms with E-state index in [0.717, 1.165) is 0 Å². The molecule has 1 aliphatic rings. The van der Waals surface area contributed by atoms with Crippen LogP contribution in [-0.2, 0) is 19.5 Å². The molecular weight excluding hydrogens is 376 g/mol. The third-order valence-corrected chi connectivity index (χ3v) is 6.54. The fourth-order valence-electron chi connectivity index (χ4n) is 2.17. The maximum Gasteiger partial charge on any atom is 0.280 e. The van der Waals surface area contributed by atoms with Crippen molar-refractivity contribution < 1.29 is 18.0 Å². The molecule has 134 valence electrons. The van der Waals surface area contributed by atoms with Crippen molar-refractivity contribution in [3.05, 3.63) is 41.4 Å². The molecule has 2 aromatic rings. The molecule has 1 aromatic heterocycles. The summed E-state index contributed by atoms with van der Waals surface area (Å²) in [6, 6.07) is 7.63. The van der Waals surface area contributed by atoms with Gasteiger partial charge in [0.1, 0.15) is 6.07 Å². The molecule has 1 heterocycles. The minimum atomic E-state index is -3.31. The average molecular weight is 390 g/mol. The number of aromatic nitrogens is 1. The molecule has 1 saturated carbocycles. The Morgan fingerprint density at radius 3 is 2.69 bits per heavy atom. The molecule has 1 aliphatic carbocycles. The number of carbonyl (C=O) groups is 1. The molecule has 0 spiro atoms. The van der Waals surface area contributed by atoms with Crippen LogP contribution >= 0.6 is 11.3 Å². The average Bonchev–Trinajstić information content (AvgIpc) is 3.38. The Labute approximate surface area is 154 Å². The van der Waals surface area contributed by atoms with E-state index in [2.05, 4.69) is 15.5 Å². The maximum atomic E-state index is 12.4. The highest BCUT2D eigenvalue weighted by molar-refractivity contribution is 7.92. The zero-order valence-corrected chi connectivity index (χ0v) is 15.1. The van der Waals surface area contributed by atoms with Gasteiger partial charge in [-0.05, 0) is 25.0 Å². The maximum absolute atomic E-state index is 12.4. The van der Waals surface area contributed by atoms with Gasteiger partial charge in [-0.1, -0.05) is 17.3 Å². The number of benzene rings is 1.